The molecule has 2 N–H and O–H groups in total. The van der Waals surface area contributed by atoms with Crippen LogP contribution in [0, 0.1) is 0 Å². The van der Waals surface area contributed by atoms with Gasteiger partial charge in [-0.05, 0) is 34.5 Å². The zero-order chi connectivity index (χ0) is 11.5. The first-order chi connectivity index (χ1) is 7.66. The quantitative estimate of drug-likeness (QED) is 0.853. The summed E-state index contributed by atoms with van der Waals surface area (Å²) in [6.07, 6.45) is 2.53. The number of hydrogen-bond donors (Lipinski definition) is 2. The predicted octanol–water partition coefficient (Wildman–Crippen LogP) is 1.06. The standard InChI is InChI=1S/C10H10BrN3O2/c11-6-2-1-5-12-9(6)14-10(16)7-3-4-8(15)13-7/h1-2,5,7H,3-4H2,(H,13,15)(H,12,14,16)/t7-/m1/s1. The summed E-state index contributed by atoms with van der Waals surface area (Å²) >= 11 is 3.28. The summed E-state index contributed by atoms with van der Waals surface area (Å²) in [7, 11) is 0. The van der Waals surface area contributed by atoms with E-state index in [1.807, 2.05) is 0 Å². The molecule has 0 spiro atoms. The molecule has 5 nitrogen and oxygen atoms in total. The number of aromatic nitrogens is 1. The minimum Gasteiger partial charge on any atom is -0.344 e. The molecule has 1 fully saturated rings. The van der Waals surface area contributed by atoms with Gasteiger partial charge in [-0.2, -0.15) is 0 Å². The number of carbonyl (C=O) groups is 2. The number of amides is 2. The summed E-state index contributed by atoms with van der Waals surface area (Å²) in [5.74, 6) is 0.152. The Hall–Kier alpha value is -1.43. The van der Waals surface area contributed by atoms with Crippen molar-refractivity contribution in [2.75, 3.05) is 5.32 Å². The smallest absolute Gasteiger partial charge is 0.248 e. The van der Waals surface area contributed by atoms with Gasteiger partial charge in [0.2, 0.25) is 11.8 Å². The Labute approximate surface area is 101 Å². The third kappa shape index (κ3) is 2.38. The van der Waals surface area contributed by atoms with Crippen LogP contribution < -0.4 is 10.6 Å². The zero-order valence-corrected chi connectivity index (χ0v) is 9.95. The number of anilines is 1. The molecule has 0 aliphatic carbocycles. The van der Waals surface area contributed by atoms with Gasteiger partial charge in [0.1, 0.15) is 11.9 Å². The van der Waals surface area contributed by atoms with Gasteiger partial charge in [-0.25, -0.2) is 4.98 Å². The van der Waals surface area contributed by atoms with E-state index in [0.717, 1.165) is 0 Å². The third-order valence-corrected chi connectivity index (χ3v) is 2.95. The normalized spacial score (nSPS) is 19.3. The fourth-order valence-corrected chi connectivity index (χ4v) is 1.85. The highest BCUT2D eigenvalue weighted by molar-refractivity contribution is 9.10. The molecule has 1 aliphatic heterocycles. The van der Waals surface area contributed by atoms with Crippen LogP contribution in [0.5, 0.6) is 0 Å². The molecular formula is C10H10BrN3O2. The monoisotopic (exact) mass is 283 g/mol. The van der Waals surface area contributed by atoms with Crippen LogP contribution in [0.3, 0.4) is 0 Å². The van der Waals surface area contributed by atoms with Gasteiger partial charge in [0.05, 0.1) is 4.47 Å². The first-order valence-corrected chi connectivity index (χ1v) is 5.67. The molecule has 16 heavy (non-hydrogen) atoms. The van der Waals surface area contributed by atoms with E-state index in [0.29, 0.717) is 23.1 Å². The van der Waals surface area contributed by atoms with E-state index >= 15 is 0 Å². The molecule has 0 unspecified atom stereocenters. The van der Waals surface area contributed by atoms with Gasteiger partial charge in [-0.15, -0.1) is 0 Å². The van der Waals surface area contributed by atoms with Gasteiger partial charge in [0.15, 0.2) is 0 Å². The molecule has 2 heterocycles. The number of carbonyl (C=O) groups excluding carboxylic acids is 2. The molecule has 1 aromatic heterocycles. The van der Waals surface area contributed by atoms with Crippen LogP contribution in [0.25, 0.3) is 0 Å². The number of nitrogens with zero attached hydrogens (tertiary/aromatic N) is 1. The largest absolute Gasteiger partial charge is 0.344 e. The van der Waals surface area contributed by atoms with Crippen LogP contribution in [0.1, 0.15) is 12.8 Å². The van der Waals surface area contributed by atoms with E-state index in [1.54, 1.807) is 18.3 Å². The van der Waals surface area contributed by atoms with Crippen LogP contribution in [0.4, 0.5) is 5.82 Å². The Bertz CT molecular complexity index is 436. The molecule has 1 atom stereocenters. The summed E-state index contributed by atoms with van der Waals surface area (Å²) in [6, 6.07) is 3.11. The summed E-state index contributed by atoms with van der Waals surface area (Å²) in [5, 5.41) is 5.26. The lowest BCUT2D eigenvalue weighted by Crippen LogP contribution is -2.37. The van der Waals surface area contributed by atoms with Gasteiger partial charge in [-0.3, -0.25) is 9.59 Å². The maximum atomic E-state index is 11.7. The van der Waals surface area contributed by atoms with Gasteiger partial charge >= 0.3 is 0 Å². The second-order valence-electron chi connectivity index (χ2n) is 3.48. The lowest BCUT2D eigenvalue weighted by molar-refractivity contribution is -0.122. The second-order valence-corrected chi connectivity index (χ2v) is 4.34. The Morgan fingerprint density at radius 2 is 2.44 bits per heavy atom. The average Bonchev–Trinajstić information content (AvgIpc) is 2.68. The molecule has 0 saturated carbocycles. The van der Waals surface area contributed by atoms with Gasteiger partial charge in [0.25, 0.3) is 0 Å². The molecule has 84 valence electrons. The number of hydrogen-bond acceptors (Lipinski definition) is 3. The van der Waals surface area contributed by atoms with Crippen molar-refractivity contribution in [1.82, 2.24) is 10.3 Å². The summed E-state index contributed by atoms with van der Waals surface area (Å²) < 4.78 is 0.715. The topological polar surface area (TPSA) is 71.1 Å². The molecule has 0 radical (unpaired) electrons. The van der Waals surface area contributed by atoms with E-state index < -0.39 is 6.04 Å². The van der Waals surface area contributed by atoms with E-state index in [4.69, 9.17) is 0 Å². The number of rotatable bonds is 2. The number of pyridine rings is 1. The maximum absolute atomic E-state index is 11.7. The molecular weight excluding hydrogens is 274 g/mol. The van der Waals surface area contributed by atoms with Crippen molar-refractivity contribution in [1.29, 1.82) is 0 Å². The highest BCUT2D eigenvalue weighted by Gasteiger charge is 2.27. The van der Waals surface area contributed by atoms with Crippen molar-refractivity contribution in [3.8, 4) is 0 Å². The molecule has 1 aromatic rings. The van der Waals surface area contributed by atoms with E-state index in [9.17, 15) is 9.59 Å². The molecule has 2 amide bonds. The Morgan fingerprint density at radius 3 is 3.06 bits per heavy atom. The van der Waals surface area contributed by atoms with Crippen LogP contribution in [0.2, 0.25) is 0 Å². The first kappa shape index (κ1) is 11.1. The maximum Gasteiger partial charge on any atom is 0.248 e. The average molecular weight is 284 g/mol. The first-order valence-electron chi connectivity index (χ1n) is 4.87. The van der Waals surface area contributed by atoms with Crippen molar-refractivity contribution in [2.24, 2.45) is 0 Å². The molecule has 0 aromatic carbocycles. The number of halogens is 1. The highest BCUT2D eigenvalue weighted by Crippen LogP contribution is 2.19. The lowest BCUT2D eigenvalue weighted by atomic mass is 10.2. The summed E-state index contributed by atoms with van der Waals surface area (Å²) in [4.78, 5) is 26.7. The minimum absolute atomic E-state index is 0.0831. The fraction of sp³-hybridized carbons (Fsp3) is 0.300. The minimum atomic E-state index is -0.443. The third-order valence-electron chi connectivity index (χ3n) is 2.31. The highest BCUT2D eigenvalue weighted by atomic mass is 79.9. The number of nitrogens with one attached hydrogen (secondary N) is 2. The van der Waals surface area contributed by atoms with Gasteiger partial charge in [-0.1, -0.05) is 0 Å². The molecule has 2 rings (SSSR count). The molecule has 1 aliphatic rings. The van der Waals surface area contributed by atoms with Crippen molar-refractivity contribution >= 4 is 33.6 Å². The zero-order valence-electron chi connectivity index (χ0n) is 8.37. The van der Waals surface area contributed by atoms with Gasteiger partial charge < -0.3 is 10.6 Å². The molecule has 1 saturated heterocycles. The van der Waals surface area contributed by atoms with Crippen LogP contribution in [-0.4, -0.2) is 22.8 Å². The Balaban J connectivity index is 2.03. The summed E-state index contributed by atoms with van der Waals surface area (Å²) in [5.41, 5.74) is 0. The predicted molar refractivity (Wildman–Crippen MR) is 61.7 cm³/mol. The lowest BCUT2D eigenvalue weighted by Gasteiger charge is -2.10. The Kier molecular flexibility index (Phi) is 3.19. The van der Waals surface area contributed by atoms with Crippen molar-refractivity contribution < 1.29 is 9.59 Å². The van der Waals surface area contributed by atoms with Crippen molar-refractivity contribution in [2.45, 2.75) is 18.9 Å². The SMILES string of the molecule is O=C1CC[C@H](C(=O)Nc2ncccc2Br)N1. The second kappa shape index (κ2) is 4.61. The van der Waals surface area contributed by atoms with Crippen molar-refractivity contribution in [3.05, 3.63) is 22.8 Å². The van der Waals surface area contributed by atoms with Crippen LogP contribution >= 0.6 is 15.9 Å². The van der Waals surface area contributed by atoms with Crippen molar-refractivity contribution in [3.63, 3.8) is 0 Å². The van der Waals surface area contributed by atoms with E-state index in [2.05, 4.69) is 31.5 Å². The molecule has 0 bridgehead atoms. The van der Waals surface area contributed by atoms with Crippen LogP contribution in [-0.2, 0) is 9.59 Å². The Morgan fingerprint density at radius 1 is 1.62 bits per heavy atom. The van der Waals surface area contributed by atoms with E-state index in [1.165, 1.54) is 0 Å². The molecule has 6 heteroatoms. The van der Waals surface area contributed by atoms with Crippen LogP contribution in [0.15, 0.2) is 22.8 Å². The van der Waals surface area contributed by atoms with Gasteiger partial charge in [0, 0.05) is 12.6 Å². The fourth-order valence-electron chi connectivity index (χ4n) is 1.49. The van der Waals surface area contributed by atoms with E-state index in [-0.39, 0.29) is 11.8 Å². The summed E-state index contributed by atoms with van der Waals surface area (Å²) in [6.45, 7) is 0.